The molecule has 1 aromatic carbocycles. The lowest BCUT2D eigenvalue weighted by Gasteiger charge is -2.23. The molecule has 0 radical (unpaired) electrons. The van der Waals surface area contributed by atoms with Crippen molar-refractivity contribution < 1.29 is 17.6 Å². The van der Waals surface area contributed by atoms with Crippen LogP contribution < -0.4 is 10.2 Å². The number of rotatable bonds is 9. The van der Waals surface area contributed by atoms with Crippen LogP contribution in [0.3, 0.4) is 0 Å². The van der Waals surface area contributed by atoms with E-state index in [9.17, 15) is 17.6 Å². The van der Waals surface area contributed by atoms with Crippen LogP contribution in [0.25, 0.3) is 11.0 Å². The first-order chi connectivity index (χ1) is 17.1. The number of aryl methyl sites for hydroxylation is 3. The summed E-state index contributed by atoms with van der Waals surface area (Å²) in [7, 11) is 1.60. The monoisotopic (exact) mass is 504 g/mol. The van der Waals surface area contributed by atoms with E-state index in [1.807, 2.05) is 19.9 Å². The highest BCUT2D eigenvalue weighted by Crippen LogP contribution is 2.31. The fourth-order valence-corrected chi connectivity index (χ4v) is 4.25. The molecule has 3 heterocycles. The second-order valence-electron chi connectivity index (χ2n) is 8.60. The van der Waals surface area contributed by atoms with E-state index in [0.717, 1.165) is 53.2 Å². The van der Waals surface area contributed by atoms with Gasteiger partial charge in [-0.05, 0) is 67.1 Å². The molecule has 0 spiro atoms. The molecule has 36 heavy (non-hydrogen) atoms. The molecule has 0 unspecified atom stereocenters. The van der Waals surface area contributed by atoms with E-state index in [1.165, 1.54) is 4.80 Å². The van der Waals surface area contributed by atoms with Gasteiger partial charge in [0.15, 0.2) is 0 Å². The summed E-state index contributed by atoms with van der Waals surface area (Å²) in [5.41, 5.74) is 2.72. The van der Waals surface area contributed by atoms with Crippen LogP contribution in [0, 0.1) is 12.7 Å². The first-order valence-corrected chi connectivity index (χ1v) is 11.6. The number of halogens is 4. The van der Waals surface area contributed by atoms with E-state index in [4.69, 9.17) is 4.98 Å². The van der Waals surface area contributed by atoms with Crippen LogP contribution in [0.15, 0.2) is 30.3 Å². The van der Waals surface area contributed by atoms with Crippen molar-refractivity contribution in [3.63, 3.8) is 0 Å². The van der Waals surface area contributed by atoms with E-state index < -0.39 is 17.6 Å². The van der Waals surface area contributed by atoms with E-state index in [-0.39, 0.29) is 24.6 Å². The number of anilines is 1. The molecule has 0 atom stereocenters. The Morgan fingerprint density at radius 1 is 1.06 bits per heavy atom. The number of nitrogens with one attached hydrogen (secondary N) is 1. The number of fused-ring (bicyclic) bond motifs is 1. The largest absolute Gasteiger partial charge is 0.416 e. The Balaban J connectivity index is 1.76. The molecule has 0 saturated heterocycles. The van der Waals surface area contributed by atoms with Crippen molar-refractivity contribution in [1.29, 1.82) is 0 Å². The molecule has 192 valence electrons. The van der Waals surface area contributed by atoms with Gasteiger partial charge in [-0.15, -0.1) is 5.10 Å². The standard InChI is InChI=1S/C24H28F4N8/c1-5-29-12-21-18(10-17-7-15(3)36(6-2)22(17)30-21)14-35(23-31-33-34(4)32-23)13-16-8-19(24(26,27)28)11-20(25)9-16/h7-11,29H,5-6,12-14H2,1-4H3. The Labute approximate surface area is 205 Å². The molecule has 8 nitrogen and oxygen atoms in total. The fourth-order valence-electron chi connectivity index (χ4n) is 4.25. The third-order valence-corrected chi connectivity index (χ3v) is 5.90. The predicted molar refractivity (Wildman–Crippen MR) is 128 cm³/mol. The second-order valence-corrected chi connectivity index (χ2v) is 8.60. The Bertz CT molecular complexity index is 1360. The average Bonchev–Trinajstić information content (AvgIpc) is 3.37. The van der Waals surface area contributed by atoms with Crippen molar-refractivity contribution in [3.05, 3.63) is 64.2 Å². The van der Waals surface area contributed by atoms with Crippen molar-refractivity contribution in [1.82, 2.24) is 35.1 Å². The van der Waals surface area contributed by atoms with Crippen LogP contribution in [0.1, 0.15) is 41.9 Å². The Morgan fingerprint density at radius 2 is 1.83 bits per heavy atom. The van der Waals surface area contributed by atoms with Gasteiger partial charge in [-0.3, -0.25) is 0 Å². The average molecular weight is 505 g/mol. The predicted octanol–water partition coefficient (Wildman–Crippen LogP) is 4.36. The molecule has 0 bridgehead atoms. The molecule has 12 heteroatoms. The smallest absolute Gasteiger partial charge is 0.330 e. The van der Waals surface area contributed by atoms with E-state index in [1.54, 1.807) is 11.9 Å². The summed E-state index contributed by atoms with van der Waals surface area (Å²) in [4.78, 5) is 7.86. The molecular weight excluding hydrogens is 476 g/mol. The summed E-state index contributed by atoms with van der Waals surface area (Å²) in [6.07, 6.45) is -4.66. The van der Waals surface area contributed by atoms with E-state index >= 15 is 0 Å². The number of hydrogen-bond acceptors (Lipinski definition) is 6. The van der Waals surface area contributed by atoms with Crippen LogP contribution in [-0.4, -0.2) is 36.3 Å². The minimum absolute atomic E-state index is 0.0553. The molecule has 4 rings (SSSR count). The summed E-state index contributed by atoms with van der Waals surface area (Å²) in [5, 5.41) is 16.4. The number of tetrazole rings is 1. The van der Waals surface area contributed by atoms with Crippen molar-refractivity contribution in [2.45, 2.75) is 53.1 Å². The Hall–Kier alpha value is -3.54. The van der Waals surface area contributed by atoms with Gasteiger partial charge in [0.2, 0.25) is 0 Å². The zero-order valence-electron chi connectivity index (χ0n) is 20.6. The third kappa shape index (κ3) is 5.48. The third-order valence-electron chi connectivity index (χ3n) is 5.90. The Kier molecular flexibility index (Phi) is 7.25. The molecule has 3 aromatic heterocycles. The molecule has 0 aliphatic rings. The van der Waals surface area contributed by atoms with Crippen LogP contribution in [0.2, 0.25) is 0 Å². The molecule has 0 aliphatic carbocycles. The quantitative estimate of drug-likeness (QED) is 0.342. The highest BCUT2D eigenvalue weighted by molar-refractivity contribution is 5.78. The van der Waals surface area contributed by atoms with Crippen LogP contribution in [0.4, 0.5) is 23.5 Å². The number of pyridine rings is 1. The topological polar surface area (TPSA) is 76.7 Å². The minimum atomic E-state index is -4.66. The maximum atomic E-state index is 14.1. The maximum Gasteiger partial charge on any atom is 0.416 e. The van der Waals surface area contributed by atoms with Crippen LogP contribution in [0.5, 0.6) is 0 Å². The minimum Gasteiger partial charge on any atom is -0.330 e. The van der Waals surface area contributed by atoms with Gasteiger partial charge in [-0.2, -0.15) is 18.0 Å². The highest BCUT2D eigenvalue weighted by atomic mass is 19.4. The zero-order valence-corrected chi connectivity index (χ0v) is 20.6. The summed E-state index contributed by atoms with van der Waals surface area (Å²) in [5.74, 6) is -0.744. The number of alkyl halides is 3. The molecule has 0 saturated carbocycles. The van der Waals surface area contributed by atoms with Crippen molar-refractivity contribution in [3.8, 4) is 0 Å². The van der Waals surface area contributed by atoms with Crippen LogP contribution in [-0.2, 0) is 39.4 Å². The number of hydrogen-bond donors (Lipinski definition) is 1. The maximum absolute atomic E-state index is 14.1. The summed E-state index contributed by atoms with van der Waals surface area (Å²) in [6, 6.07) is 6.60. The normalized spacial score (nSPS) is 12.0. The van der Waals surface area contributed by atoms with Gasteiger partial charge in [0.25, 0.3) is 5.95 Å². The van der Waals surface area contributed by atoms with Gasteiger partial charge in [-0.25, -0.2) is 9.37 Å². The first kappa shape index (κ1) is 25.5. The van der Waals surface area contributed by atoms with Gasteiger partial charge in [0, 0.05) is 37.3 Å². The molecule has 0 fully saturated rings. The molecule has 0 aliphatic heterocycles. The highest BCUT2D eigenvalue weighted by Gasteiger charge is 2.31. The van der Waals surface area contributed by atoms with Crippen molar-refractivity contribution in [2.75, 3.05) is 11.4 Å². The van der Waals surface area contributed by atoms with Gasteiger partial charge < -0.3 is 14.8 Å². The SMILES string of the molecule is CCNCc1nc2c(cc1CN(Cc1cc(F)cc(C(F)(F)F)c1)c1nnn(C)n1)cc(C)n2CC. The lowest BCUT2D eigenvalue weighted by molar-refractivity contribution is -0.137. The molecule has 4 aromatic rings. The van der Waals surface area contributed by atoms with E-state index in [0.29, 0.717) is 12.6 Å². The summed E-state index contributed by atoms with van der Waals surface area (Å²) in [6.45, 7) is 8.29. The molecule has 1 N–H and O–H groups in total. The zero-order chi connectivity index (χ0) is 26.0. The van der Waals surface area contributed by atoms with Gasteiger partial charge in [0.05, 0.1) is 18.3 Å². The lowest BCUT2D eigenvalue weighted by Crippen LogP contribution is -2.26. The summed E-state index contributed by atoms with van der Waals surface area (Å²) < 4.78 is 56.2. The van der Waals surface area contributed by atoms with E-state index in [2.05, 4.69) is 38.3 Å². The van der Waals surface area contributed by atoms with Gasteiger partial charge in [-0.1, -0.05) is 12.0 Å². The van der Waals surface area contributed by atoms with Crippen LogP contribution >= 0.6 is 0 Å². The number of nitrogens with zero attached hydrogens (tertiary/aromatic N) is 7. The number of aromatic nitrogens is 6. The molecular formula is C24H28F4N8. The molecule has 0 amide bonds. The van der Waals surface area contributed by atoms with Crippen molar-refractivity contribution in [2.24, 2.45) is 7.05 Å². The number of benzene rings is 1. The second kappa shape index (κ2) is 10.2. The lowest BCUT2D eigenvalue weighted by atomic mass is 10.1. The van der Waals surface area contributed by atoms with Gasteiger partial charge in [0.1, 0.15) is 11.5 Å². The Morgan fingerprint density at radius 3 is 2.47 bits per heavy atom. The fraction of sp³-hybridized carbons (Fsp3) is 0.417. The van der Waals surface area contributed by atoms with Crippen molar-refractivity contribution >= 4 is 17.0 Å². The first-order valence-electron chi connectivity index (χ1n) is 11.6. The summed E-state index contributed by atoms with van der Waals surface area (Å²) >= 11 is 0. The van der Waals surface area contributed by atoms with Gasteiger partial charge >= 0.3 is 6.18 Å².